The molecule has 2 aromatic carbocycles. The predicted molar refractivity (Wildman–Crippen MR) is 118 cm³/mol. The monoisotopic (exact) mass is 431 g/mol. The van der Waals surface area contributed by atoms with Crippen molar-refractivity contribution in [2.75, 3.05) is 0 Å². The fraction of sp³-hybridized carbons (Fsp3) is 0.304. The fourth-order valence-electron chi connectivity index (χ4n) is 3.60. The maximum absolute atomic E-state index is 13.1. The third-order valence-electron chi connectivity index (χ3n) is 5.02. The van der Waals surface area contributed by atoms with E-state index in [4.69, 9.17) is 23.2 Å². The highest BCUT2D eigenvalue weighted by Gasteiger charge is 2.25. The fourth-order valence-corrected chi connectivity index (χ4v) is 4.06. The Labute approximate surface area is 180 Å². The highest BCUT2D eigenvalue weighted by atomic mass is 35.5. The van der Waals surface area contributed by atoms with Gasteiger partial charge in [0.25, 0.3) is 0 Å². The number of halogens is 2. The lowest BCUT2D eigenvalue weighted by atomic mass is 9.96. The molecule has 6 heteroatoms. The Morgan fingerprint density at radius 3 is 2.41 bits per heavy atom. The molecule has 4 nitrogen and oxygen atoms in total. The smallest absolute Gasteiger partial charge is 0.335 e. The van der Waals surface area contributed by atoms with Crippen molar-refractivity contribution in [2.24, 2.45) is 5.92 Å². The molecule has 152 valence electrons. The number of ketones is 1. The molecule has 0 aliphatic heterocycles. The van der Waals surface area contributed by atoms with Crippen LogP contribution in [-0.2, 0) is 13.0 Å². The Bertz CT molecular complexity index is 1100. The van der Waals surface area contributed by atoms with Crippen molar-refractivity contribution in [2.45, 2.75) is 40.2 Å². The van der Waals surface area contributed by atoms with Gasteiger partial charge in [0.2, 0.25) is 0 Å². The Hall–Kier alpha value is -2.30. The van der Waals surface area contributed by atoms with E-state index in [0.717, 1.165) is 28.6 Å². The van der Waals surface area contributed by atoms with Gasteiger partial charge in [-0.25, -0.2) is 4.79 Å². The first-order valence-electron chi connectivity index (χ1n) is 9.61. The second kappa shape index (κ2) is 8.60. The Morgan fingerprint density at radius 2 is 1.83 bits per heavy atom. The van der Waals surface area contributed by atoms with Gasteiger partial charge in [0, 0.05) is 39.2 Å². The van der Waals surface area contributed by atoms with E-state index in [1.807, 2.05) is 24.5 Å². The summed E-state index contributed by atoms with van der Waals surface area (Å²) in [7, 11) is 0. The standard InChI is InChI=1S/C23H23Cl2NO3/c1-4-5-19-21(22(27)13(2)3)17-9-7-14(23(28)29)10-20(17)26(19)12-15-6-8-16(24)11-18(15)25/h6-11,13H,4-5,12H2,1-3H3,(H,28,29). The summed E-state index contributed by atoms with van der Waals surface area (Å²) >= 11 is 12.4. The first-order valence-corrected chi connectivity index (χ1v) is 10.4. The number of fused-ring (bicyclic) bond motifs is 1. The number of hydrogen-bond donors (Lipinski definition) is 1. The van der Waals surface area contributed by atoms with E-state index in [0.29, 0.717) is 28.6 Å². The van der Waals surface area contributed by atoms with Crippen LogP contribution in [0.5, 0.6) is 0 Å². The zero-order valence-corrected chi connectivity index (χ0v) is 18.1. The van der Waals surface area contributed by atoms with Crippen LogP contribution in [-0.4, -0.2) is 21.4 Å². The van der Waals surface area contributed by atoms with Gasteiger partial charge in [-0.15, -0.1) is 0 Å². The summed E-state index contributed by atoms with van der Waals surface area (Å²) in [5.41, 5.74) is 3.36. The maximum atomic E-state index is 13.1. The Morgan fingerprint density at radius 1 is 1.10 bits per heavy atom. The summed E-state index contributed by atoms with van der Waals surface area (Å²) in [6.07, 6.45) is 1.56. The van der Waals surface area contributed by atoms with Gasteiger partial charge in [-0.3, -0.25) is 4.79 Å². The van der Waals surface area contributed by atoms with E-state index in [1.54, 1.807) is 30.3 Å². The van der Waals surface area contributed by atoms with Crippen molar-refractivity contribution in [3.63, 3.8) is 0 Å². The molecule has 0 unspecified atom stereocenters. The predicted octanol–water partition coefficient (Wildman–Crippen LogP) is 6.49. The zero-order valence-electron chi connectivity index (χ0n) is 16.6. The minimum atomic E-state index is -1.00. The van der Waals surface area contributed by atoms with E-state index in [-0.39, 0.29) is 17.3 Å². The van der Waals surface area contributed by atoms with Crippen LogP contribution in [0.15, 0.2) is 36.4 Å². The molecular formula is C23H23Cl2NO3. The van der Waals surface area contributed by atoms with Crippen molar-refractivity contribution in [1.82, 2.24) is 4.57 Å². The van der Waals surface area contributed by atoms with Gasteiger partial charge >= 0.3 is 5.97 Å². The molecule has 1 heterocycles. The molecule has 0 saturated heterocycles. The molecule has 29 heavy (non-hydrogen) atoms. The highest BCUT2D eigenvalue weighted by molar-refractivity contribution is 6.35. The van der Waals surface area contributed by atoms with Crippen LogP contribution in [0.1, 0.15) is 59.2 Å². The molecule has 1 aromatic heterocycles. The van der Waals surface area contributed by atoms with Crippen LogP contribution in [0.4, 0.5) is 0 Å². The second-order valence-electron chi connectivity index (χ2n) is 7.45. The number of carboxylic acid groups (broad SMARTS) is 1. The molecule has 0 saturated carbocycles. The lowest BCUT2D eigenvalue weighted by Crippen LogP contribution is -2.12. The van der Waals surface area contributed by atoms with Crippen LogP contribution in [0.3, 0.4) is 0 Å². The number of benzene rings is 2. The van der Waals surface area contributed by atoms with Crippen molar-refractivity contribution in [3.8, 4) is 0 Å². The van der Waals surface area contributed by atoms with Gasteiger partial charge in [-0.2, -0.15) is 0 Å². The summed E-state index contributed by atoms with van der Waals surface area (Å²) in [5.74, 6) is -1.11. The summed E-state index contributed by atoms with van der Waals surface area (Å²) in [6.45, 7) is 6.24. The SMILES string of the molecule is CCCc1c(C(=O)C(C)C)c2ccc(C(=O)O)cc2n1Cc1ccc(Cl)cc1Cl. The number of carbonyl (C=O) groups is 2. The summed E-state index contributed by atoms with van der Waals surface area (Å²) in [6, 6.07) is 10.3. The van der Waals surface area contributed by atoms with Gasteiger partial charge in [0.05, 0.1) is 11.1 Å². The van der Waals surface area contributed by atoms with E-state index in [1.165, 1.54) is 0 Å². The van der Waals surface area contributed by atoms with Gasteiger partial charge in [-0.1, -0.05) is 62.5 Å². The minimum Gasteiger partial charge on any atom is -0.478 e. The Balaban J connectivity index is 2.32. The van der Waals surface area contributed by atoms with Crippen molar-refractivity contribution in [3.05, 3.63) is 68.8 Å². The lowest BCUT2D eigenvalue weighted by Gasteiger charge is -2.14. The number of carbonyl (C=O) groups excluding carboxylic acids is 1. The molecule has 0 aliphatic carbocycles. The average Bonchev–Trinajstić information content (AvgIpc) is 2.96. The normalized spacial score (nSPS) is 11.4. The third kappa shape index (κ3) is 4.19. The molecule has 3 rings (SSSR count). The molecule has 0 radical (unpaired) electrons. The molecule has 0 spiro atoms. The lowest BCUT2D eigenvalue weighted by molar-refractivity contribution is 0.0696. The number of hydrogen-bond acceptors (Lipinski definition) is 2. The summed E-state index contributed by atoms with van der Waals surface area (Å²) in [4.78, 5) is 24.6. The number of aromatic nitrogens is 1. The number of Topliss-reactive ketones (excluding diaryl/α,β-unsaturated/α-hetero) is 1. The van der Waals surface area contributed by atoms with Gasteiger partial charge in [0.1, 0.15) is 0 Å². The third-order valence-corrected chi connectivity index (χ3v) is 5.61. The molecule has 1 N–H and O–H groups in total. The molecular weight excluding hydrogens is 409 g/mol. The largest absolute Gasteiger partial charge is 0.478 e. The van der Waals surface area contributed by atoms with Crippen molar-refractivity contribution in [1.29, 1.82) is 0 Å². The van der Waals surface area contributed by atoms with Gasteiger partial charge in [0.15, 0.2) is 5.78 Å². The summed E-state index contributed by atoms with van der Waals surface area (Å²) in [5, 5.41) is 11.3. The first-order chi connectivity index (χ1) is 13.7. The second-order valence-corrected chi connectivity index (χ2v) is 8.29. The van der Waals surface area contributed by atoms with Crippen LogP contribution >= 0.6 is 23.2 Å². The topological polar surface area (TPSA) is 59.3 Å². The minimum absolute atomic E-state index is 0.0579. The first kappa shape index (κ1) is 21.4. The van der Waals surface area contributed by atoms with Crippen molar-refractivity contribution >= 4 is 45.9 Å². The molecule has 0 amide bonds. The molecule has 0 aliphatic rings. The van der Waals surface area contributed by atoms with Gasteiger partial charge < -0.3 is 9.67 Å². The molecule has 0 fully saturated rings. The van der Waals surface area contributed by atoms with Crippen molar-refractivity contribution < 1.29 is 14.7 Å². The Kier molecular flexibility index (Phi) is 6.35. The molecule has 0 atom stereocenters. The quantitative estimate of drug-likeness (QED) is 0.435. The zero-order chi connectivity index (χ0) is 21.3. The van der Waals surface area contributed by atoms with E-state index in [2.05, 4.69) is 6.92 Å². The number of aromatic carboxylic acids is 1. The maximum Gasteiger partial charge on any atom is 0.335 e. The highest BCUT2D eigenvalue weighted by Crippen LogP contribution is 2.32. The van der Waals surface area contributed by atoms with E-state index in [9.17, 15) is 14.7 Å². The average molecular weight is 432 g/mol. The van der Waals surface area contributed by atoms with Gasteiger partial charge in [-0.05, 0) is 36.2 Å². The van der Waals surface area contributed by atoms with Crippen LogP contribution in [0.2, 0.25) is 10.0 Å². The molecule has 0 bridgehead atoms. The van der Waals surface area contributed by atoms with E-state index < -0.39 is 5.97 Å². The number of nitrogens with zero attached hydrogens (tertiary/aromatic N) is 1. The molecule has 3 aromatic rings. The van der Waals surface area contributed by atoms with Crippen LogP contribution in [0.25, 0.3) is 10.9 Å². The van der Waals surface area contributed by atoms with Crippen LogP contribution < -0.4 is 0 Å². The van der Waals surface area contributed by atoms with E-state index >= 15 is 0 Å². The van der Waals surface area contributed by atoms with Crippen LogP contribution in [0, 0.1) is 5.92 Å². The number of rotatable bonds is 7. The summed E-state index contributed by atoms with van der Waals surface area (Å²) < 4.78 is 2.02. The number of carboxylic acids is 1.